The number of nitrogens with one attached hydrogen (secondary N) is 1. The molecule has 124 valence electrons. The minimum atomic E-state index is -0.374. The lowest BCUT2D eigenvalue weighted by molar-refractivity contribution is -0.116. The van der Waals surface area contributed by atoms with Gasteiger partial charge in [-0.3, -0.25) is 10.1 Å². The zero-order valence-corrected chi connectivity index (χ0v) is 13.7. The van der Waals surface area contributed by atoms with Gasteiger partial charge in [0.25, 0.3) is 0 Å². The number of hydrogen-bond acceptors (Lipinski definition) is 5. The molecule has 2 heterocycles. The van der Waals surface area contributed by atoms with Crippen LogP contribution in [0.4, 0.5) is 9.52 Å². The van der Waals surface area contributed by atoms with Crippen molar-refractivity contribution in [1.29, 1.82) is 0 Å². The lowest BCUT2D eigenvalue weighted by Gasteiger charge is -2.03. The van der Waals surface area contributed by atoms with Gasteiger partial charge in [-0.2, -0.15) is 0 Å². The van der Waals surface area contributed by atoms with Crippen LogP contribution in [0.25, 0.3) is 21.6 Å². The molecule has 8 heteroatoms. The average molecular weight is 353 g/mol. The second-order valence-corrected chi connectivity index (χ2v) is 6.28. The van der Waals surface area contributed by atoms with Crippen molar-refractivity contribution in [2.24, 2.45) is 0 Å². The normalized spacial score (nSPS) is 10.9. The minimum absolute atomic E-state index is 0.106. The number of para-hydroxylation sites is 2. The largest absolute Gasteiger partial charge is 0.321 e. The molecule has 0 unspecified atom stereocenters. The number of halogens is 1. The first-order chi connectivity index (χ1) is 12.2. The van der Waals surface area contributed by atoms with Gasteiger partial charge in [0.2, 0.25) is 11.0 Å². The van der Waals surface area contributed by atoms with E-state index in [1.807, 2.05) is 24.3 Å². The van der Waals surface area contributed by atoms with Crippen LogP contribution < -0.4 is 5.32 Å². The number of amides is 1. The molecule has 0 fully saturated rings. The fourth-order valence-electron chi connectivity index (χ4n) is 2.47. The molecule has 2 aromatic heterocycles. The summed E-state index contributed by atoms with van der Waals surface area (Å²) in [7, 11) is 0. The Labute approximate surface area is 146 Å². The lowest BCUT2D eigenvalue weighted by Crippen LogP contribution is -2.18. The summed E-state index contributed by atoms with van der Waals surface area (Å²) < 4.78 is 15.5. The standard InChI is InChI=1S/C17H12FN5OS/c18-12-6-2-1-5-11(12)16-21-22-17(25-16)20-15(24)9-23-10-19-13-7-3-4-8-14(13)23/h1-8,10H,9H2,(H,20,22,24). The smallest absolute Gasteiger partial charge is 0.246 e. The number of benzene rings is 2. The lowest BCUT2D eigenvalue weighted by atomic mass is 10.2. The number of anilines is 1. The van der Waals surface area contributed by atoms with Gasteiger partial charge in [0.05, 0.1) is 17.4 Å². The first kappa shape index (κ1) is 15.4. The van der Waals surface area contributed by atoms with Gasteiger partial charge in [-0.05, 0) is 24.3 Å². The Bertz CT molecular complexity index is 1060. The van der Waals surface area contributed by atoms with Crippen molar-refractivity contribution < 1.29 is 9.18 Å². The van der Waals surface area contributed by atoms with E-state index in [0.29, 0.717) is 15.7 Å². The van der Waals surface area contributed by atoms with Crippen molar-refractivity contribution in [3.05, 3.63) is 60.7 Å². The van der Waals surface area contributed by atoms with Gasteiger partial charge < -0.3 is 4.57 Å². The third-order valence-corrected chi connectivity index (χ3v) is 4.49. The average Bonchev–Trinajstić information content (AvgIpc) is 3.23. The highest BCUT2D eigenvalue weighted by Crippen LogP contribution is 2.28. The summed E-state index contributed by atoms with van der Waals surface area (Å²) in [6.45, 7) is 0.106. The number of hydrogen-bond donors (Lipinski definition) is 1. The maximum Gasteiger partial charge on any atom is 0.246 e. The fraction of sp³-hybridized carbons (Fsp3) is 0.0588. The Kier molecular flexibility index (Phi) is 3.95. The Morgan fingerprint density at radius 3 is 2.80 bits per heavy atom. The summed E-state index contributed by atoms with van der Waals surface area (Å²) in [5.74, 6) is -0.624. The van der Waals surface area contributed by atoms with Crippen LogP contribution in [0.2, 0.25) is 0 Å². The molecule has 1 amide bonds. The number of carbonyl (C=O) groups excluding carboxylic acids is 1. The van der Waals surface area contributed by atoms with Gasteiger partial charge in [0.1, 0.15) is 12.4 Å². The van der Waals surface area contributed by atoms with Crippen LogP contribution in [-0.2, 0) is 11.3 Å². The highest BCUT2D eigenvalue weighted by atomic mass is 32.1. The van der Waals surface area contributed by atoms with Crippen LogP contribution >= 0.6 is 11.3 Å². The van der Waals surface area contributed by atoms with Crippen LogP contribution in [0.3, 0.4) is 0 Å². The SMILES string of the molecule is O=C(Cn1cnc2ccccc21)Nc1nnc(-c2ccccc2F)s1. The molecule has 0 aliphatic carbocycles. The van der Waals surface area contributed by atoms with E-state index in [1.165, 1.54) is 6.07 Å². The second-order valence-electron chi connectivity index (χ2n) is 5.30. The van der Waals surface area contributed by atoms with Gasteiger partial charge >= 0.3 is 0 Å². The van der Waals surface area contributed by atoms with E-state index in [1.54, 1.807) is 29.1 Å². The van der Waals surface area contributed by atoms with E-state index in [9.17, 15) is 9.18 Å². The molecule has 0 radical (unpaired) electrons. The molecule has 0 aliphatic heterocycles. The maximum atomic E-state index is 13.8. The summed E-state index contributed by atoms with van der Waals surface area (Å²) >= 11 is 1.13. The molecular formula is C17H12FN5OS. The van der Waals surface area contributed by atoms with Crippen molar-refractivity contribution in [2.45, 2.75) is 6.54 Å². The number of rotatable bonds is 4. The molecule has 6 nitrogen and oxygen atoms in total. The van der Waals surface area contributed by atoms with Gasteiger partial charge in [0.15, 0.2) is 5.01 Å². The predicted octanol–water partition coefficient (Wildman–Crippen LogP) is 3.33. The van der Waals surface area contributed by atoms with E-state index in [2.05, 4.69) is 20.5 Å². The van der Waals surface area contributed by atoms with E-state index < -0.39 is 0 Å². The zero-order valence-electron chi connectivity index (χ0n) is 12.9. The zero-order chi connectivity index (χ0) is 17.2. The van der Waals surface area contributed by atoms with Crippen LogP contribution in [0.1, 0.15) is 0 Å². The predicted molar refractivity (Wildman–Crippen MR) is 93.7 cm³/mol. The van der Waals surface area contributed by atoms with Crippen molar-refractivity contribution in [3.63, 3.8) is 0 Å². The molecule has 25 heavy (non-hydrogen) atoms. The van der Waals surface area contributed by atoms with Crippen molar-refractivity contribution in [1.82, 2.24) is 19.7 Å². The second kappa shape index (κ2) is 6.40. The van der Waals surface area contributed by atoms with Crippen LogP contribution in [0.15, 0.2) is 54.9 Å². The molecule has 4 aromatic rings. The van der Waals surface area contributed by atoms with Gasteiger partial charge in [-0.1, -0.05) is 35.6 Å². The van der Waals surface area contributed by atoms with Crippen molar-refractivity contribution >= 4 is 33.4 Å². The Morgan fingerprint density at radius 1 is 1.12 bits per heavy atom. The van der Waals surface area contributed by atoms with Crippen LogP contribution in [-0.4, -0.2) is 25.7 Å². The number of nitrogens with zero attached hydrogens (tertiary/aromatic N) is 4. The molecule has 0 bridgehead atoms. The molecule has 0 saturated heterocycles. The Balaban J connectivity index is 1.49. The third-order valence-electron chi connectivity index (χ3n) is 3.62. The molecule has 2 aromatic carbocycles. The molecule has 4 rings (SSSR count). The van der Waals surface area contributed by atoms with Crippen LogP contribution in [0, 0.1) is 5.82 Å². The monoisotopic (exact) mass is 353 g/mol. The number of imidazole rings is 1. The minimum Gasteiger partial charge on any atom is -0.321 e. The summed E-state index contributed by atoms with van der Waals surface area (Å²) in [5.41, 5.74) is 2.07. The molecule has 0 aliphatic rings. The summed E-state index contributed by atoms with van der Waals surface area (Å²) in [6, 6.07) is 13.9. The quantitative estimate of drug-likeness (QED) is 0.611. The van der Waals surface area contributed by atoms with E-state index in [0.717, 1.165) is 22.4 Å². The van der Waals surface area contributed by atoms with Gasteiger partial charge in [-0.25, -0.2) is 9.37 Å². The van der Waals surface area contributed by atoms with E-state index >= 15 is 0 Å². The highest BCUT2D eigenvalue weighted by molar-refractivity contribution is 7.18. The van der Waals surface area contributed by atoms with Gasteiger partial charge in [0, 0.05) is 5.56 Å². The summed E-state index contributed by atoms with van der Waals surface area (Å²) in [4.78, 5) is 16.5. The maximum absolute atomic E-state index is 13.8. The first-order valence-electron chi connectivity index (χ1n) is 7.49. The molecular weight excluding hydrogens is 341 g/mol. The van der Waals surface area contributed by atoms with E-state index in [4.69, 9.17) is 0 Å². The topological polar surface area (TPSA) is 72.7 Å². The highest BCUT2D eigenvalue weighted by Gasteiger charge is 2.13. The Hall–Kier alpha value is -3.13. The summed E-state index contributed by atoms with van der Waals surface area (Å²) in [5, 5.41) is 11.3. The van der Waals surface area contributed by atoms with Crippen molar-refractivity contribution in [3.8, 4) is 10.6 Å². The molecule has 0 saturated carbocycles. The number of aromatic nitrogens is 4. The molecule has 0 atom stereocenters. The first-order valence-corrected chi connectivity index (χ1v) is 8.30. The van der Waals surface area contributed by atoms with Crippen molar-refractivity contribution in [2.75, 3.05) is 5.32 Å². The van der Waals surface area contributed by atoms with Gasteiger partial charge in [-0.15, -0.1) is 10.2 Å². The third kappa shape index (κ3) is 3.11. The summed E-state index contributed by atoms with van der Waals surface area (Å²) in [6.07, 6.45) is 1.62. The number of fused-ring (bicyclic) bond motifs is 1. The molecule has 0 spiro atoms. The van der Waals surface area contributed by atoms with E-state index in [-0.39, 0.29) is 18.3 Å². The molecule has 1 N–H and O–H groups in total. The Morgan fingerprint density at radius 2 is 1.92 bits per heavy atom. The van der Waals surface area contributed by atoms with Crippen LogP contribution in [0.5, 0.6) is 0 Å². The number of carbonyl (C=O) groups is 1. The fourth-order valence-corrected chi connectivity index (χ4v) is 3.25.